The first-order chi connectivity index (χ1) is 11.6. The van der Waals surface area contributed by atoms with E-state index in [0.717, 1.165) is 27.5 Å². The molecule has 0 aromatic heterocycles. The van der Waals surface area contributed by atoms with Crippen molar-refractivity contribution >= 4 is 12.2 Å². The van der Waals surface area contributed by atoms with Gasteiger partial charge in [-0.15, -0.1) is 0 Å². The van der Waals surface area contributed by atoms with Gasteiger partial charge in [-0.05, 0) is 34.4 Å². The Balaban J connectivity index is 2.06. The van der Waals surface area contributed by atoms with E-state index in [2.05, 4.69) is 69.0 Å². The van der Waals surface area contributed by atoms with Crippen LogP contribution in [0.1, 0.15) is 36.5 Å². The Hall–Kier alpha value is -2.80. The second-order valence-electron chi connectivity index (χ2n) is 6.58. The molecule has 3 aromatic rings. The maximum Gasteiger partial charge on any atom is 0.135 e. The Morgan fingerprint density at radius 1 is 0.833 bits per heavy atom. The normalized spacial score (nSPS) is 12.5. The fourth-order valence-corrected chi connectivity index (χ4v) is 3.23. The summed E-state index contributed by atoms with van der Waals surface area (Å²) in [5.74, 6) is 2.28. The molecule has 0 spiro atoms. The predicted octanol–water partition coefficient (Wildman–Crippen LogP) is 4.57. The molecule has 24 heavy (non-hydrogen) atoms. The largest absolute Gasteiger partial charge is 0.456 e. The lowest BCUT2D eigenvalue weighted by Crippen LogP contribution is -2.19. The van der Waals surface area contributed by atoms with Crippen molar-refractivity contribution in [1.29, 1.82) is 0 Å². The van der Waals surface area contributed by atoms with Crippen LogP contribution in [0, 0.1) is 0 Å². The van der Waals surface area contributed by atoms with Crippen LogP contribution in [0.2, 0.25) is 0 Å². The summed E-state index contributed by atoms with van der Waals surface area (Å²) in [6, 6.07) is 23.2. The van der Waals surface area contributed by atoms with E-state index in [9.17, 15) is 0 Å². The summed E-state index contributed by atoms with van der Waals surface area (Å²) in [4.78, 5) is 0. The molecule has 1 heteroatoms. The van der Waals surface area contributed by atoms with E-state index in [-0.39, 0.29) is 0 Å². The van der Waals surface area contributed by atoms with E-state index in [4.69, 9.17) is 4.74 Å². The van der Waals surface area contributed by atoms with Gasteiger partial charge in [-0.3, -0.25) is 0 Å². The third-order valence-corrected chi connectivity index (χ3v) is 4.54. The van der Waals surface area contributed by atoms with Gasteiger partial charge in [0.1, 0.15) is 11.5 Å². The van der Waals surface area contributed by atoms with Crippen LogP contribution < -0.4 is 15.2 Å². The lowest BCUT2D eigenvalue weighted by molar-refractivity contribution is 0.471. The summed E-state index contributed by atoms with van der Waals surface area (Å²) in [7, 11) is 0. The van der Waals surface area contributed by atoms with Crippen LogP contribution in [0.3, 0.4) is 0 Å². The number of hydrogen-bond donors (Lipinski definition) is 0. The molecule has 4 rings (SSSR count). The maximum absolute atomic E-state index is 6.24. The van der Waals surface area contributed by atoms with Gasteiger partial charge in [0, 0.05) is 16.4 Å². The minimum absolute atomic E-state index is 0.472. The summed E-state index contributed by atoms with van der Waals surface area (Å²) in [5.41, 5.74) is 4.87. The van der Waals surface area contributed by atoms with Crippen molar-refractivity contribution in [3.05, 3.63) is 93.9 Å². The zero-order chi connectivity index (χ0) is 16.7. The van der Waals surface area contributed by atoms with Crippen molar-refractivity contribution in [3.63, 3.8) is 0 Å². The highest BCUT2D eigenvalue weighted by molar-refractivity contribution is 5.85. The number of rotatable bonds is 2. The highest BCUT2D eigenvalue weighted by Crippen LogP contribution is 2.37. The molecule has 0 saturated heterocycles. The number of benzene rings is 3. The molecule has 0 amide bonds. The molecular formula is C23H20O. The summed E-state index contributed by atoms with van der Waals surface area (Å²) < 4.78 is 6.24. The second-order valence-corrected chi connectivity index (χ2v) is 6.58. The van der Waals surface area contributed by atoms with Crippen LogP contribution >= 0.6 is 0 Å². The van der Waals surface area contributed by atoms with E-state index in [0.29, 0.717) is 5.92 Å². The molecule has 0 atom stereocenters. The van der Waals surface area contributed by atoms with Crippen LogP contribution in [-0.2, 0) is 0 Å². The molecule has 1 heterocycles. The number of ether oxygens (including phenoxy) is 1. The zero-order valence-corrected chi connectivity index (χ0v) is 14.0. The Kier molecular flexibility index (Phi) is 3.50. The molecule has 118 valence electrons. The Morgan fingerprint density at radius 2 is 1.62 bits per heavy atom. The maximum atomic E-state index is 6.24. The summed E-state index contributed by atoms with van der Waals surface area (Å²) in [5, 5.41) is 2.09. The van der Waals surface area contributed by atoms with E-state index in [1.54, 1.807) is 0 Å². The molecule has 0 bridgehead atoms. The average Bonchev–Trinajstić information content (AvgIpc) is 2.59. The van der Waals surface area contributed by atoms with E-state index in [1.165, 1.54) is 16.7 Å². The van der Waals surface area contributed by atoms with Crippen molar-refractivity contribution in [2.45, 2.75) is 19.8 Å². The Bertz CT molecular complexity index is 1010. The average molecular weight is 312 g/mol. The Labute approximate surface area is 142 Å². The fourth-order valence-electron chi connectivity index (χ4n) is 3.23. The van der Waals surface area contributed by atoms with Gasteiger partial charge in [0.2, 0.25) is 0 Å². The summed E-state index contributed by atoms with van der Waals surface area (Å²) in [6.45, 7) is 8.44. The lowest BCUT2D eigenvalue weighted by atomic mass is 9.90. The summed E-state index contributed by atoms with van der Waals surface area (Å²) >= 11 is 0. The molecule has 0 radical (unpaired) electrons. The number of fused-ring (bicyclic) bond motifs is 2. The predicted molar refractivity (Wildman–Crippen MR) is 99.9 cm³/mol. The third kappa shape index (κ3) is 2.43. The van der Waals surface area contributed by atoms with Gasteiger partial charge in [-0.2, -0.15) is 0 Å². The monoisotopic (exact) mass is 312 g/mol. The van der Waals surface area contributed by atoms with Crippen LogP contribution in [-0.4, -0.2) is 0 Å². The summed E-state index contributed by atoms with van der Waals surface area (Å²) in [6.07, 6.45) is 0. The van der Waals surface area contributed by atoms with Gasteiger partial charge in [0.15, 0.2) is 0 Å². The van der Waals surface area contributed by atoms with Crippen LogP contribution in [0.25, 0.3) is 12.2 Å². The van der Waals surface area contributed by atoms with E-state index >= 15 is 0 Å². The van der Waals surface area contributed by atoms with Gasteiger partial charge < -0.3 is 4.74 Å². The van der Waals surface area contributed by atoms with Crippen LogP contribution in [0.15, 0.2) is 66.7 Å². The molecule has 3 aromatic carbocycles. The second kappa shape index (κ2) is 5.68. The van der Waals surface area contributed by atoms with Crippen LogP contribution in [0.5, 0.6) is 11.5 Å². The molecule has 0 N–H and O–H groups in total. The lowest BCUT2D eigenvalue weighted by Gasteiger charge is -2.22. The topological polar surface area (TPSA) is 9.23 Å². The minimum Gasteiger partial charge on any atom is -0.456 e. The zero-order valence-electron chi connectivity index (χ0n) is 14.0. The Morgan fingerprint density at radius 3 is 2.38 bits per heavy atom. The van der Waals surface area contributed by atoms with Gasteiger partial charge in [0.25, 0.3) is 0 Å². The van der Waals surface area contributed by atoms with Gasteiger partial charge in [-0.25, -0.2) is 0 Å². The van der Waals surface area contributed by atoms with Crippen LogP contribution in [0.4, 0.5) is 0 Å². The standard InChI is InChI=1S/C23H20O/c1-15(2)18-10-12-20-22(14-18)24-21-13-16(3)9-11-19(21)23(20)17-7-5-4-6-8-17/h4-15H,3H2,1-2H3. The number of hydrogen-bond acceptors (Lipinski definition) is 1. The SMILES string of the molecule is C=c1ccc2c(c1)Oc1cc(C(C)C)ccc1C=2c1ccccc1. The van der Waals surface area contributed by atoms with Crippen molar-refractivity contribution in [3.8, 4) is 11.5 Å². The molecule has 0 saturated carbocycles. The minimum atomic E-state index is 0.472. The van der Waals surface area contributed by atoms with Gasteiger partial charge in [0.05, 0.1) is 0 Å². The molecule has 0 aliphatic carbocycles. The van der Waals surface area contributed by atoms with Crippen molar-refractivity contribution in [2.75, 3.05) is 0 Å². The smallest absolute Gasteiger partial charge is 0.135 e. The highest BCUT2D eigenvalue weighted by Gasteiger charge is 2.20. The van der Waals surface area contributed by atoms with Gasteiger partial charge >= 0.3 is 0 Å². The van der Waals surface area contributed by atoms with Gasteiger partial charge in [-0.1, -0.05) is 75.0 Å². The van der Waals surface area contributed by atoms with Crippen molar-refractivity contribution in [2.24, 2.45) is 0 Å². The molecule has 1 aliphatic rings. The first kappa shape index (κ1) is 14.8. The molecule has 1 aliphatic heterocycles. The highest BCUT2D eigenvalue weighted by atomic mass is 16.5. The molecular weight excluding hydrogens is 292 g/mol. The van der Waals surface area contributed by atoms with E-state index < -0.39 is 0 Å². The quantitative estimate of drug-likeness (QED) is 0.527. The van der Waals surface area contributed by atoms with Crippen molar-refractivity contribution < 1.29 is 4.74 Å². The van der Waals surface area contributed by atoms with Crippen molar-refractivity contribution in [1.82, 2.24) is 0 Å². The third-order valence-electron chi connectivity index (χ3n) is 4.54. The molecule has 1 nitrogen and oxygen atoms in total. The first-order valence-corrected chi connectivity index (χ1v) is 8.34. The first-order valence-electron chi connectivity index (χ1n) is 8.34. The molecule has 0 fully saturated rings. The fraction of sp³-hybridized carbons (Fsp3) is 0.130. The van der Waals surface area contributed by atoms with E-state index in [1.807, 2.05) is 18.2 Å². The molecule has 0 unspecified atom stereocenters.